The summed E-state index contributed by atoms with van der Waals surface area (Å²) in [7, 11) is 1.65. The number of ether oxygens (including phenoxy) is 2. The molecule has 1 aliphatic heterocycles. The second kappa shape index (κ2) is 5.41. The van der Waals surface area contributed by atoms with Crippen LogP contribution in [0.15, 0.2) is 18.2 Å². The maximum Gasteiger partial charge on any atom is 0.165 e. The molecule has 3 nitrogen and oxygen atoms in total. The van der Waals surface area contributed by atoms with E-state index in [1.165, 1.54) is 0 Å². The maximum atomic E-state index is 9.54. The summed E-state index contributed by atoms with van der Waals surface area (Å²) < 4.78 is 11.4. The van der Waals surface area contributed by atoms with Crippen molar-refractivity contribution in [1.82, 2.24) is 0 Å². The molecule has 1 saturated heterocycles. The fourth-order valence-corrected chi connectivity index (χ4v) is 2.43. The minimum Gasteiger partial charge on any atom is -0.493 e. The quantitative estimate of drug-likeness (QED) is 0.890. The molecule has 0 radical (unpaired) electrons. The Labute approximate surface area is 112 Å². The van der Waals surface area contributed by atoms with Gasteiger partial charge in [-0.3, -0.25) is 0 Å². The topological polar surface area (TPSA) is 38.7 Å². The number of benzene rings is 1. The van der Waals surface area contributed by atoms with E-state index in [1.807, 2.05) is 43.8 Å². The highest BCUT2D eigenvalue weighted by Crippen LogP contribution is 2.40. The number of aliphatic hydroxyl groups is 1. The molecule has 0 bridgehead atoms. The third kappa shape index (κ3) is 2.59. The summed E-state index contributed by atoms with van der Waals surface area (Å²) in [5, 5.41) is 9.54. The van der Waals surface area contributed by atoms with Crippen LogP contribution in [0.5, 0.6) is 11.5 Å². The van der Waals surface area contributed by atoms with Crippen molar-refractivity contribution in [2.75, 3.05) is 25.2 Å². The third-order valence-corrected chi connectivity index (χ3v) is 4.43. The zero-order chi connectivity index (χ0) is 13.2. The van der Waals surface area contributed by atoms with Crippen LogP contribution in [0, 0.1) is 0 Å². The summed E-state index contributed by atoms with van der Waals surface area (Å²) in [5.41, 5.74) is 0.669. The van der Waals surface area contributed by atoms with Crippen molar-refractivity contribution >= 4 is 11.8 Å². The smallest absolute Gasteiger partial charge is 0.165 e. The molecule has 18 heavy (non-hydrogen) atoms. The molecule has 1 heterocycles. The van der Waals surface area contributed by atoms with Crippen LogP contribution in [0.25, 0.3) is 0 Å². The average molecular weight is 268 g/mol. The molecule has 100 valence electrons. The summed E-state index contributed by atoms with van der Waals surface area (Å²) in [5.74, 6) is 3.57. The van der Waals surface area contributed by atoms with Gasteiger partial charge < -0.3 is 14.6 Å². The number of rotatable bonds is 5. The number of aliphatic hydroxyl groups excluding tert-OH is 1. The van der Waals surface area contributed by atoms with Crippen LogP contribution in [-0.4, -0.2) is 36.4 Å². The normalized spacial score (nSPS) is 16.2. The SMILES string of the molecule is COc1cccc(C(C)(C)CO)c1OC1CSC1. The van der Waals surface area contributed by atoms with Gasteiger partial charge in [-0.15, -0.1) is 0 Å². The minimum absolute atomic E-state index is 0.0793. The summed E-state index contributed by atoms with van der Waals surface area (Å²) in [6.07, 6.45) is 0.263. The van der Waals surface area contributed by atoms with Crippen LogP contribution in [0.3, 0.4) is 0 Å². The van der Waals surface area contributed by atoms with Gasteiger partial charge in [0.25, 0.3) is 0 Å². The van der Waals surface area contributed by atoms with Crippen LogP contribution in [0.1, 0.15) is 19.4 Å². The Morgan fingerprint density at radius 3 is 2.61 bits per heavy atom. The molecule has 1 fully saturated rings. The lowest BCUT2D eigenvalue weighted by molar-refractivity contribution is 0.196. The number of methoxy groups -OCH3 is 1. The van der Waals surface area contributed by atoms with E-state index in [4.69, 9.17) is 9.47 Å². The van der Waals surface area contributed by atoms with Gasteiger partial charge in [0.1, 0.15) is 6.10 Å². The first-order valence-electron chi connectivity index (χ1n) is 6.11. The van der Waals surface area contributed by atoms with E-state index in [0.29, 0.717) is 0 Å². The van der Waals surface area contributed by atoms with Crippen molar-refractivity contribution in [1.29, 1.82) is 0 Å². The van der Waals surface area contributed by atoms with Crippen LogP contribution in [0.2, 0.25) is 0 Å². The summed E-state index contributed by atoms with van der Waals surface area (Å²) in [6, 6.07) is 5.84. The lowest BCUT2D eigenvalue weighted by atomic mass is 9.84. The predicted octanol–water partition coefficient (Wildman–Crippen LogP) is 2.46. The molecule has 1 N–H and O–H groups in total. The Kier molecular flexibility index (Phi) is 4.07. The second-order valence-electron chi connectivity index (χ2n) is 5.16. The molecule has 0 aromatic heterocycles. The van der Waals surface area contributed by atoms with E-state index in [2.05, 4.69) is 0 Å². The van der Waals surface area contributed by atoms with Gasteiger partial charge in [-0.05, 0) is 6.07 Å². The lowest BCUT2D eigenvalue weighted by Gasteiger charge is -2.31. The Bertz CT molecular complexity index is 414. The van der Waals surface area contributed by atoms with Gasteiger partial charge in [-0.2, -0.15) is 11.8 Å². The Morgan fingerprint density at radius 1 is 1.39 bits per heavy atom. The number of para-hydroxylation sites is 1. The highest BCUT2D eigenvalue weighted by atomic mass is 32.2. The largest absolute Gasteiger partial charge is 0.493 e. The molecule has 0 saturated carbocycles. The molecule has 0 amide bonds. The molecular formula is C14H20O3S. The zero-order valence-electron chi connectivity index (χ0n) is 11.1. The van der Waals surface area contributed by atoms with Crippen molar-refractivity contribution in [3.63, 3.8) is 0 Å². The number of hydrogen-bond acceptors (Lipinski definition) is 4. The first kappa shape index (κ1) is 13.6. The van der Waals surface area contributed by atoms with Crippen molar-refractivity contribution in [2.24, 2.45) is 0 Å². The monoisotopic (exact) mass is 268 g/mol. The van der Waals surface area contributed by atoms with Gasteiger partial charge in [0.05, 0.1) is 13.7 Å². The molecule has 0 atom stereocenters. The molecular weight excluding hydrogens is 248 g/mol. The van der Waals surface area contributed by atoms with Gasteiger partial charge >= 0.3 is 0 Å². The first-order valence-corrected chi connectivity index (χ1v) is 7.26. The predicted molar refractivity (Wildman–Crippen MR) is 74.8 cm³/mol. The van der Waals surface area contributed by atoms with Gasteiger partial charge in [-0.1, -0.05) is 26.0 Å². The highest BCUT2D eigenvalue weighted by Gasteiger charge is 2.29. The van der Waals surface area contributed by atoms with Crippen LogP contribution in [-0.2, 0) is 5.41 Å². The van der Waals surface area contributed by atoms with E-state index in [1.54, 1.807) is 7.11 Å². The second-order valence-corrected chi connectivity index (χ2v) is 6.23. The summed E-state index contributed by atoms with van der Waals surface area (Å²) in [4.78, 5) is 0. The van der Waals surface area contributed by atoms with E-state index < -0.39 is 0 Å². The van der Waals surface area contributed by atoms with Crippen molar-refractivity contribution in [3.05, 3.63) is 23.8 Å². The molecule has 4 heteroatoms. The van der Waals surface area contributed by atoms with Crippen molar-refractivity contribution in [3.8, 4) is 11.5 Å². The maximum absolute atomic E-state index is 9.54. The number of hydrogen-bond donors (Lipinski definition) is 1. The van der Waals surface area contributed by atoms with Gasteiger partial charge in [0.15, 0.2) is 11.5 Å². The van der Waals surface area contributed by atoms with Crippen LogP contribution in [0.4, 0.5) is 0 Å². The minimum atomic E-state index is -0.333. The van der Waals surface area contributed by atoms with Gasteiger partial charge in [-0.25, -0.2) is 0 Å². The zero-order valence-corrected chi connectivity index (χ0v) is 11.9. The van der Waals surface area contributed by atoms with Gasteiger partial charge in [0, 0.05) is 22.5 Å². The summed E-state index contributed by atoms with van der Waals surface area (Å²) in [6.45, 7) is 4.09. The average Bonchev–Trinajstić information content (AvgIpc) is 2.33. The fourth-order valence-electron chi connectivity index (χ4n) is 1.87. The Hall–Kier alpha value is -0.870. The van der Waals surface area contributed by atoms with E-state index in [-0.39, 0.29) is 18.1 Å². The fraction of sp³-hybridized carbons (Fsp3) is 0.571. The van der Waals surface area contributed by atoms with Crippen molar-refractivity contribution in [2.45, 2.75) is 25.4 Å². The standard InChI is InChI=1S/C14H20O3S/c1-14(2,9-15)11-5-4-6-12(16-3)13(11)17-10-7-18-8-10/h4-6,10,15H,7-9H2,1-3H3. The molecule has 1 aromatic carbocycles. The molecule has 0 spiro atoms. The molecule has 0 aliphatic carbocycles. The lowest BCUT2D eigenvalue weighted by Crippen LogP contribution is -2.33. The highest BCUT2D eigenvalue weighted by molar-refractivity contribution is 8.00. The number of thioether (sulfide) groups is 1. The summed E-state index contributed by atoms with van der Waals surface area (Å²) >= 11 is 1.88. The molecule has 1 aromatic rings. The Balaban J connectivity index is 2.37. The molecule has 2 rings (SSSR count). The van der Waals surface area contributed by atoms with Gasteiger partial charge in [0.2, 0.25) is 0 Å². The van der Waals surface area contributed by atoms with E-state index in [0.717, 1.165) is 28.6 Å². The first-order chi connectivity index (χ1) is 8.58. The third-order valence-electron chi connectivity index (χ3n) is 3.22. The van der Waals surface area contributed by atoms with Crippen molar-refractivity contribution < 1.29 is 14.6 Å². The van der Waals surface area contributed by atoms with E-state index in [9.17, 15) is 5.11 Å². The van der Waals surface area contributed by atoms with Crippen LogP contribution >= 0.6 is 11.8 Å². The molecule has 1 aliphatic rings. The van der Waals surface area contributed by atoms with Crippen LogP contribution < -0.4 is 9.47 Å². The Morgan fingerprint density at radius 2 is 2.11 bits per heavy atom. The molecule has 0 unspecified atom stereocenters. The van der Waals surface area contributed by atoms with E-state index >= 15 is 0 Å².